The monoisotopic (exact) mass is 232 g/mol. The predicted octanol–water partition coefficient (Wildman–Crippen LogP) is -0.264. The van der Waals surface area contributed by atoms with E-state index in [0.717, 1.165) is 12.8 Å². The van der Waals surface area contributed by atoms with Crippen molar-refractivity contribution in [1.29, 1.82) is 0 Å². The lowest BCUT2D eigenvalue weighted by atomic mass is 10.3. The minimum atomic E-state index is -0.567. The molecule has 88 valence electrons. The van der Waals surface area contributed by atoms with Crippen molar-refractivity contribution in [3.8, 4) is 12.3 Å². The summed E-state index contributed by atoms with van der Waals surface area (Å²) in [6.07, 6.45) is 9.31. The number of nitrogens with two attached hydrogens (primary N) is 1. The van der Waals surface area contributed by atoms with E-state index >= 15 is 0 Å². The number of terminal acetylenes is 1. The minimum Gasteiger partial charge on any atom is -0.364 e. The highest BCUT2D eigenvalue weighted by Crippen LogP contribution is 2.27. The van der Waals surface area contributed by atoms with Crippen LogP contribution in [-0.2, 0) is 4.79 Å². The Morgan fingerprint density at radius 2 is 2.35 bits per heavy atom. The molecule has 17 heavy (non-hydrogen) atoms. The molecule has 0 radical (unpaired) electrons. The second kappa shape index (κ2) is 4.29. The average Bonchev–Trinajstić information content (AvgIpc) is 2.95. The standard InChI is InChI=1S/C11H12N4O2/c1-2-10(16)14-5-3-4-9(14)15-7-13-6-8(15)11(12)17/h1,6-7,9H,3-5H2,(H2,12,17). The number of amides is 2. The number of likely N-dealkylation sites (tertiary alicyclic amines) is 1. The molecule has 1 aliphatic rings. The van der Waals surface area contributed by atoms with E-state index in [1.807, 2.05) is 0 Å². The van der Waals surface area contributed by atoms with Gasteiger partial charge in [-0.15, -0.1) is 6.42 Å². The number of aromatic nitrogens is 2. The quantitative estimate of drug-likeness (QED) is 0.713. The van der Waals surface area contributed by atoms with Gasteiger partial charge in [0.1, 0.15) is 11.9 Å². The van der Waals surface area contributed by atoms with Crippen LogP contribution >= 0.6 is 0 Å². The first-order valence-corrected chi connectivity index (χ1v) is 5.24. The van der Waals surface area contributed by atoms with E-state index in [1.165, 1.54) is 12.5 Å². The van der Waals surface area contributed by atoms with Crippen molar-refractivity contribution in [2.45, 2.75) is 19.0 Å². The molecule has 2 heterocycles. The van der Waals surface area contributed by atoms with Crippen LogP contribution in [0.4, 0.5) is 0 Å². The van der Waals surface area contributed by atoms with Crippen LogP contribution in [0.2, 0.25) is 0 Å². The van der Waals surface area contributed by atoms with E-state index in [2.05, 4.69) is 10.9 Å². The fraction of sp³-hybridized carbons (Fsp3) is 0.364. The van der Waals surface area contributed by atoms with Crippen LogP contribution in [0.25, 0.3) is 0 Å². The Bertz CT molecular complexity index is 500. The van der Waals surface area contributed by atoms with E-state index < -0.39 is 5.91 Å². The Morgan fingerprint density at radius 1 is 1.59 bits per heavy atom. The van der Waals surface area contributed by atoms with Crippen molar-refractivity contribution in [1.82, 2.24) is 14.5 Å². The molecule has 0 bridgehead atoms. The molecule has 2 amide bonds. The molecule has 1 atom stereocenters. The molecule has 1 unspecified atom stereocenters. The molecule has 6 heteroatoms. The van der Waals surface area contributed by atoms with Gasteiger partial charge in [0.25, 0.3) is 11.8 Å². The number of carbonyl (C=O) groups is 2. The fourth-order valence-electron chi connectivity index (χ4n) is 2.09. The van der Waals surface area contributed by atoms with Gasteiger partial charge in [-0.25, -0.2) is 4.98 Å². The Balaban J connectivity index is 2.33. The highest BCUT2D eigenvalue weighted by atomic mass is 16.2. The number of rotatable bonds is 2. The predicted molar refractivity (Wildman–Crippen MR) is 59.6 cm³/mol. The van der Waals surface area contributed by atoms with E-state index in [9.17, 15) is 9.59 Å². The van der Waals surface area contributed by atoms with Crippen LogP contribution < -0.4 is 5.73 Å². The van der Waals surface area contributed by atoms with Gasteiger partial charge >= 0.3 is 0 Å². The van der Waals surface area contributed by atoms with Gasteiger partial charge in [-0.2, -0.15) is 0 Å². The summed E-state index contributed by atoms with van der Waals surface area (Å²) in [6.45, 7) is 0.587. The van der Waals surface area contributed by atoms with Crippen LogP contribution in [0.5, 0.6) is 0 Å². The Kier molecular flexibility index (Phi) is 2.83. The first kappa shape index (κ1) is 11.2. The number of hydrogen-bond donors (Lipinski definition) is 1. The Hall–Kier alpha value is -2.29. The van der Waals surface area contributed by atoms with Crippen molar-refractivity contribution >= 4 is 11.8 Å². The molecule has 1 aromatic rings. The van der Waals surface area contributed by atoms with Gasteiger partial charge in [-0.05, 0) is 18.8 Å². The van der Waals surface area contributed by atoms with Gasteiger partial charge < -0.3 is 15.2 Å². The summed E-state index contributed by atoms with van der Waals surface area (Å²) in [6, 6.07) is 0. The smallest absolute Gasteiger partial charge is 0.299 e. The molecule has 1 aliphatic heterocycles. The molecule has 0 aromatic carbocycles. The number of carbonyl (C=O) groups excluding carboxylic acids is 2. The zero-order valence-electron chi connectivity index (χ0n) is 9.17. The van der Waals surface area contributed by atoms with Crippen molar-refractivity contribution in [2.75, 3.05) is 6.54 Å². The summed E-state index contributed by atoms with van der Waals surface area (Å²) in [5, 5.41) is 0. The molecule has 1 saturated heterocycles. The highest BCUT2D eigenvalue weighted by molar-refractivity contribution is 5.93. The molecule has 1 fully saturated rings. The molecule has 1 aromatic heterocycles. The Morgan fingerprint density at radius 3 is 3.00 bits per heavy atom. The first-order chi connectivity index (χ1) is 8.15. The summed E-state index contributed by atoms with van der Waals surface area (Å²) in [5.74, 6) is 1.14. The van der Waals surface area contributed by atoms with E-state index in [0.29, 0.717) is 6.54 Å². The van der Waals surface area contributed by atoms with Crippen LogP contribution in [0.15, 0.2) is 12.5 Å². The van der Waals surface area contributed by atoms with Gasteiger partial charge in [-0.1, -0.05) is 0 Å². The van der Waals surface area contributed by atoms with Gasteiger partial charge in [-0.3, -0.25) is 9.59 Å². The van der Waals surface area contributed by atoms with Crippen LogP contribution in [0.3, 0.4) is 0 Å². The molecular formula is C11H12N4O2. The zero-order valence-corrected chi connectivity index (χ0v) is 9.17. The van der Waals surface area contributed by atoms with Crippen molar-refractivity contribution in [2.24, 2.45) is 5.73 Å². The third-order valence-corrected chi connectivity index (χ3v) is 2.85. The molecule has 0 saturated carbocycles. The second-order valence-corrected chi connectivity index (χ2v) is 3.82. The second-order valence-electron chi connectivity index (χ2n) is 3.82. The van der Waals surface area contributed by atoms with E-state index in [-0.39, 0.29) is 17.8 Å². The number of primary amides is 1. The minimum absolute atomic E-state index is 0.261. The van der Waals surface area contributed by atoms with E-state index in [4.69, 9.17) is 12.2 Å². The Labute approximate surface area is 98.4 Å². The normalized spacial score (nSPS) is 19.0. The van der Waals surface area contributed by atoms with Crippen molar-refractivity contribution < 1.29 is 9.59 Å². The maximum Gasteiger partial charge on any atom is 0.299 e. The lowest BCUT2D eigenvalue weighted by Crippen LogP contribution is -2.34. The summed E-state index contributed by atoms with van der Waals surface area (Å²) in [7, 11) is 0. The lowest BCUT2D eigenvalue weighted by molar-refractivity contribution is -0.127. The summed E-state index contributed by atoms with van der Waals surface area (Å²) < 4.78 is 1.60. The molecule has 0 spiro atoms. The van der Waals surface area contributed by atoms with E-state index in [1.54, 1.807) is 9.47 Å². The van der Waals surface area contributed by atoms with Gasteiger partial charge in [0.15, 0.2) is 0 Å². The number of hydrogen-bond acceptors (Lipinski definition) is 3. The highest BCUT2D eigenvalue weighted by Gasteiger charge is 2.30. The molecule has 2 rings (SSSR count). The summed E-state index contributed by atoms with van der Waals surface area (Å²) in [4.78, 5) is 28.2. The summed E-state index contributed by atoms with van der Waals surface area (Å²) in [5.41, 5.74) is 5.52. The molecule has 6 nitrogen and oxygen atoms in total. The molecule has 0 aliphatic carbocycles. The van der Waals surface area contributed by atoms with Gasteiger partial charge in [0.05, 0.1) is 12.5 Å². The largest absolute Gasteiger partial charge is 0.364 e. The zero-order chi connectivity index (χ0) is 12.4. The van der Waals surface area contributed by atoms with Crippen LogP contribution in [-0.4, -0.2) is 32.8 Å². The van der Waals surface area contributed by atoms with Crippen molar-refractivity contribution in [3.05, 3.63) is 18.2 Å². The SMILES string of the molecule is C#CC(=O)N1CCCC1n1cncc1C(N)=O. The van der Waals surface area contributed by atoms with Crippen LogP contribution in [0, 0.1) is 12.3 Å². The molecule has 2 N–H and O–H groups in total. The lowest BCUT2D eigenvalue weighted by Gasteiger charge is -2.24. The molecular weight excluding hydrogens is 220 g/mol. The topological polar surface area (TPSA) is 81.2 Å². The number of imidazole rings is 1. The number of nitrogens with zero attached hydrogens (tertiary/aromatic N) is 3. The third kappa shape index (κ3) is 1.87. The maximum absolute atomic E-state index is 11.5. The van der Waals surface area contributed by atoms with Gasteiger partial charge in [0.2, 0.25) is 0 Å². The third-order valence-electron chi connectivity index (χ3n) is 2.85. The first-order valence-electron chi connectivity index (χ1n) is 5.24. The van der Waals surface area contributed by atoms with Crippen LogP contribution in [0.1, 0.15) is 29.5 Å². The average molecular weight is 232 g/mol. The fourth-order valence-corrected chi connectivity index (χ4v) is 2.09. The van der Waals surface area contributed by atoms with Crippen molar-refractivity contribution in [3.63, 3.8) is 0 Å². The van der Waals surface area contributed by atoms with Gasteiger partial charge in [0, 0.05) is 6.54 Å². The summed E-state index contributed by atoms with van der Waals surface area (Å²) >= 11 is 0. The maximum atomic E-state index is 11.5.